The second kappa shape index (κ2) is 6.64. The van der Waals surface area contributed by atoms with Gasteiger partial charge in [0.2, 0.25) is 0 Å². The smallest absolute Gasteiger partial charge is 0.312 e. The molecule has 0 aliphatic carbocycles. The number of likely N-dealkylation sites (tertiary alicyclic amines) is 1. The van der Waals surface area contributed by atoms with Gasteiger partial charge in [-0.15, -0.1) is 0 Å². The Kier molecular flexibility index (Phi) is 4.34. The summed E-state index contributed by atoms with van der Waals surface area (Å²) in [5.41, 5.74) is 0.122. The number of piperidine rings is 1. The van der Waals surface area contributed by atoms with Crippen LogP contribution in [0.4, 0.5) is 5.82 Å². The van der Waals surface area contributed by atoms with Crippen molar-refractivity contribution in [2.24, 2.45) is 5.41 Å². The quantitative estimate of drug-likeness (QED) is 0.784. The number of esters is 1. The fraction of sp³-hybridized carbons (Fsp3) is 0.632. The topological polar surface area (TPSA) is 69.5 Å². The number of carbonyl (C=O) groups is 1. The number of anilines is 1. The maximum atomic E-state index is 12.6. The minimum Gasteiger partial charge on any atom is -0.461 e. The van der Waals surface area contributed by atoms with E-state index >= 15 is 0 Å². The van der Waals surface area contributed by atoms with Crippen molar-refractivity contribution in [2.45, 2.75) is 38.2 Å². The summed E-state index contributed by atoms with van der Waals surface area (Å²) in [6.07, 6.45) is 5.03. The Morgan fingerprint density at radius 1 is 1.24 bits per heavy atom. The van der Waals surface area contributed by atoms with Gasteiger partial charge < -0.3 is 9.64 Å². The van der Waals surface area contributed by atoms with Crippen LogP contribution >= 0.6 is 0 Å². The second-order valence-corrected chi connectivity index (χ2v) is 7.50. The van der Waals surface area contributed by atoms with Crippen molar-refractivity contribution in [2.75, 3.05) is 37.6 Å². The highest BCUT2D eigenvalue weighted by Crippen LogP contribution is 2.43. The van der Waals surface area contributed by atoms with Crippen LogP contribution in [0.3, 0.4) is 0 Å². The summed E-state index contributed by atoms with van der Waals surface area (Å²) in [6.45, 7) is 4.73. The van der Waals surface area contributed by atoms with E-state index in [0.29, 0.717) is 5.69 Å². The van der Waals surface area contributed by atoms with E-state index in [1.54, 1.807) is 6.07 Å². The summed E-state index contributed by atoms with van der Waals surface area (Å²) in [6, 6.07) is 7.59. The van der Waals surface area contributed by atoms with Crippen LogP contribution in [0.15, 0.2) is 18.2 Å². The lowest BCUT2D eigenvalue weighted by molar-refractivity contribution is -0.150. The van der Waals surface area contributed by atoms with Gasteiger partial charge in [-0.2, -0.15) is 5.26 Å². The van der Waals surface area contributed by atoms with Crippen molar-refractivity contribution in [1.29, 1.82) is 5.26 Å². The number of hydrogen-bond donors (Lipinski definition) is 0. The van der Waals surface area contributed by atoms with Crippen LogP contribution in [-0.2, 0) is 9.53 Å². The molecule has 0 saturated carbocycles. The molecule has 1 spiro atoms. The molecule has 25 heavy (non-hydrogen) atoms. The van der Waals surface area contributed by atoms with E-state index in [2.05, 4.69) is 20.9 Å². The predicted molar refractivity (Wildman–Crippen MR) is 93.0 cm³/mol. The molecule has 3 aliphatic heterocycles. The third-order valence-corrected chi connectivity index (χ3v) is 5.88. The zero-order valence-corrected chi connectivity index (χ0v) is 14.5. The maximum absolute atomic E-state index is 12.6. The molecule has 1 unspecified atom stereocenters. The van der Waals surface area contributed by atoms with Gasteiger partial charge in [0, 0.05) is 26.1 Å². The Morgan fingerprint density at radius 2 is 2.00 bits per heavy atom. The molecule has 4 heterocycles. The summed E-state index contributed by atoms with van der Waals surface area (Å²) in [7, 11) is 0. The summed E-state index contributed by atoms with van der Waals surface area (Å²) >= 11 is 0. The number of rotatable bonds is 3. The Balaban J connectivity index is 1.38. The lowest BCUT2D eigenvalue weighted by atomic mass is 9.76. The average Bonchev–Trinajstić information content (AvgIpc) is 3.25. The normalized spacial score (nSPS) is 26.0. The number of pyridine rings is 1. The van der Waals surface area contributed by atoms with Crippen molar-refractivity contribution in [1.82, 2.24) is 9.88 Å². The third kappa shape index (κ3) is 3.21. The van der Waals surface area contributed by atoms with E-state index < -0.39 is 0 Å². The minimum absolute atomic E-state index is 0.00455. The zero-order valence-electron chi connectivity index (χ0n) is 14.5. The van der Waals surface area contributed by atoms with E-state index in [1.165, 1.54) is 12.8 Å². The largest absolute Gasteiger partial charge is 0.461 e. The van der Waals surface area contributed by atoms with E-state index in [1.807, 2.05) is 12.1 Å². The van der Waals surface area contributed by atoms with Crippen LogP contribution in [0, 0.1) is 16.7 Å². The summed E-state index contributed by atoms with van der Waals surface area (Å²) in [5, 5.41) is 9.01. The van der Waals surface area contributed by atoms with Gasteiger partial charge >= 0.3 is 5.97 Å². The monoisotopic (exact) mass is 340 g/mol. The maximum Gasteiger partial charge on any atom is 0.312 e. The van der Waals surface area contributed by atoms with Crippen molar-refractivity contribution in [3.63, 3.8) is 0 Å². The fourth-order valence-corrected chi connectivity index (χ4v) is 4.43. The minimum atomic E-state index is -0.312. The molecule has 3 aliphatic rings. The van der Waals surface area contributed by atoms with Gasteiger partial charge in [-0.3, -0.25) is 9.69 Å². The van der Waals surface area contributed by atoms with Gasteiger partial charge in [-0.25, -0.2) is 4.98 Å². The number of nitriles is 1. The summed E-state index contributed by atoms with van der Waals surface area (Å²) in [4.78, 5) is 21.5. The average molecular weight is 340 g/mol. The molecular formula is C19H24N4O2. The first-order valence-corrected chi connectivity index (χ1v) is 9.24. The SMILES string of the molecule is N#Cc1cccc(N2CCC3(CC2)CC(CN2CCCC2)OC3=O)n1. The van der Waals surface area contributed by atoms with Crippen LogP contribution < -0.4 is 4.90 Å². The molecule has 0 amide bonds. The third-order valence-electron chi connectivity index (χ3n) is 5.88. The number of ether oxygens (including phenoxy) is 1. The highest BCUT2D eigenvalue weighted by molar-refractivity contribution is 5.79. The Bertz CT molecular complexity index is 685. The molecule has 4 rings (SSSR count). The van der Waals surface area contributed by atoms with Crippen molar-refractivity contribution >= 4 is 11.8 Å². The first-order chi connectivity index (χ1) is 12.2. The van der Waals surface area contributed by atoms with E-state index in [0.717, 1.165) is 57.8 Å². The standard InChI is InChI=1S/C19H24N4O2/c20-13-15-4-3-5-17(21-15)23-10-6-19(7-11-23)12-16(25-18(19)24)14-22-8-1-2-9-22/h3-5,16H,1-2,6-12,14H2. The number of nitrogens with zero attached hydrogens (tertiary/aromatic N) is 4. The number of hydrogen-bond acceptors (Lipinski definition) is 6. The van der Waals surface area contributed by atoms with E-state index in [4.69, 9.17) is 10.00 Å². The molecule has 6 heteroatoms. The van der Waals surface area contributed by atoms with E-state index in [9.17, 15) is 4.79 Å². The van der Waals surface area contributed by atoms with Crippen LogP contribution in [0.2, 0.25) is 0 Å². The molecule has 3 fully saturated rings. The molecule has 0 bridgehead atoms. The predicted octanol–water partition coefficient (Wildman–Crippen LogP) is 1.95. The summed E-state index contributed by atoms with van der Waals surface area (Å²) < 4.78 is 5.74. The molecule has 1 atom stereocenters. The second-order valence-electron chi connectivity index (χ2n) is 7.50. The van der Waals surface area contributed by atoms with E-state index in [-0.39, 0.29) is 17.5 Å². The highest BCUT2D eigenvalue weighted by atomic mass is 16.6. The number of carbonyl (C=O) groups excluding carboxylic acids is 1. The summed E-state index contributed by atoms with van der Waals surface area (Å²) in [5.74, 6) is 0.823. The molecule has 0 radical (unpaired) electrons. The molecule has 3 saturated heterocycles. The lowest BCUT2D eigenvalue weighted by Crippen LogP contribution is -2.43. The molecule has 1 aromatic heterocycles. The van der Waals surface area contributed by atoms with Crippen LogP contribution in [-0.4, -0.2) is 54.7 Å². The van der Waals surface area contributed by atoms with Crippen LogP contribution in [0.5, 0.6) is 0 Å². The molecular weight excluding hydrogens is 316 g/mol. The van der Waals surface area contributed by atoms with Gasteiger partial charge in [0.25, 0.3) is 0 Å². The molecule has 6 nitrogen and oxygen atoms in total. The van der Waals surface area contributed by atoms with Gasteiger partial charge in [0.15, 0.2) is 0 Å². The van der Waals surface area contributed by atoms with Crippen molar-refractivity contribution in [3.8, 4) is 6.07 Å². The number of cyclic esters (lactones) is 1. The van der Waals surface area contributed by atoms with Crippen molar-refractivity contribution in [3.05, 3.63) is 23.9 Å². The molecule has 132 valence electrons. The Hall–Kier alpha value is -2.13. The number of aromatic nitrogens is 1. The first kappa shape index (κ1) is 16.3. The van der Waals surface area contributed by atoms with Gasteiger partial charge in [-0.05, 0) is 50.9 Å². The first-order valence-electron chi connectivity index (χ1n) is 9.24. The molecule has 0 N–H and O–H groups in total. The van der Waals surface area contributed by atoms with Crippen molar-refractivity contribution < 1.29 is 9.53 Å². The van der Waals surface area contributed by atoms with Gasteiger partial charge in [0.1, 0.15) is 23.7 Å². The zero-order chi connectivity index (χ0) is 17.3. The van der Waals surface area contributed by atoms with Crippen LogP contribution in [0.25, 0.3) is 0 Å². The van der Waals surface area contributed by atoms with Gasteiger partial charge in [-0.1, -0.05) is 6.07 Å². The fourth-order valence-electron chi connectivity index (χ4n) is 4.43. The Morgan fingerprint density at radius 3 is 2.72 bits per heavy atom. The highest BCUT2D eigenvalue weighted by Gasteiger charge is 2.50. The lowest BCUT2D eigenvalue weighted by Gasteiger charge is -2.37. The van der Waals surface area contributed by atoms with Gasteiger partial charge in [0.05, 0.1) is 5.41 Å². The Labute approximate surface area is 148 Å². The van der Waals surface area contributed by atoms with Crippen LogP contribution in [0.1, 0.15) is 37.8 Å². The molecule has 0 aromatic carbocycles. The molecule has 1 aromatic rings.